The first-order valence-corrected chi connectivity index (χ1v) is 12.5. The third-order valence-corrected chi connectivity index (χ3v) is 7.35. The predicted octanol–water partition coefficient (Wildman–Crippen LogP) is 5.28. The molecule has 0 N–H and O–H groups in total. The minimum atomic E-state index is -0.291. The molecule has 0 bridgehead atoms. The van der Waals surface area contributed by atoms with Crippen LogP contribution >= 0.6 is 23.1 Å². The standard InChI is InChI=1S/C24H22FN5OS2/c1-29-22(18-7-8-18)27-28-24(29)33-15-21(31)30(13-16-5-3-2-4-6-16)23-26-20(14-32-23)17-9-11-19(25)12-10-17/h2-6,9-12,14,18H,7-8,13,15H2,1H3. The van der Waals surface area contributed by atoms with E-state index in [9.17, 15) is 9.18 Å². The molecule has 1 saturated carbocycles. The van der Waals surface area contributed by atoms with Crippen LogP contribution in [0.1, 0.15) is 30.1 Å². The van der Waals surface area contributed by atoms with Gasteiger partial charge in [0.2, 0.25) is 5.91 Å². The van der Waals surface area contributed by atoms with Crippen molar-refractivity contribution >= 4 is 34.1 Å². The molecule has 9 heteroatoms. The van der Waals surface area contributed by atoms with Crippen molar-refractivity contribution in [3.8, 4) is 11.3 Å². The second kappa shape index (κ2) is 9.44. The second-order valence-corrected chi connectivity index (χ2v) is 9.73. The summed E-state index contributed by atoms with van der Waals surface area (Å²) in [6.07, 6.45) is 2.31. The molecular weight excluding hydrogens is 457 g/mol. The monoisotopic (exact) mass is 479 g/mol. The maximum atomic E-state index is 13.3. The Morgan fingerprint density at radius 3 is 2.64 bits per heavy atom. The highest BCUT2D eigenvalue weighted by atomic mass is 32.2. The highest BCUT2D eigenvalue weighted by Gasteiger charge is 2.29. The maximum Gasteiger partial charge on any atom is 0.239 e. The quantitative estimate of drug-likeness (QED) is 0.322. The molecule has 2 heterocycles. The molecule has 0 spiro atoms. The summed E-state index contributed by atoms with van der Waals surface area (Å²) in [4.78, 5) is 19.7. The van der Waals surface area contributed by atoms with Crippen molar-refractivity contribution in [1.29, 1.82) is 0 Å². The molecule has 5 rings (SSSR count). The number of halogens is 1. The van der Waals surface area contributed by atoms with Crippen molar-refractivity contribution in [3.05, 3.63) is 77.2 Å². The van der Waals surface area contributed by atoms with E-state index in [0.717, 1.165) is 40.6 Å². The number of hydrogen-bond acceptors (Lipinski definition) is 6. The smallest absolute Gasteiger partial charge is 0.239 e. The van der Waals surface area contributed by atoms with Gasteiger partial charge in [0.05, 0.1) is 18.0 Å². The number of nitrogens with zero attached hydrogens (tertiary/aromatic N) is 5. The lowest BCUT2D eigenvalue weighted by atomic mass is 10.2. The van der Waals surface area contributed by atoms with Crippen LogP contribution in [-0.2, 0) is 18.4 Å². The van der Waals surface area contributed by atoms with Crippen molar-refractivity contribution in [2.45, 2.75) is 30.5 Å². The van der Waals surface area contributed by atoms with Crippen LogP contribution in [0.5, 0.6) is 0 Å². The SMILES string of the molecule is Cn1c(SCC(=O)N(Cc2ccccc2)c2nc(-c3ccc(F)cc3)cs2)nnc1C1CC1. The van der Waals surface area contributed by atoms with E-state index in [1.165, 1.54) is 35.2 Å². The zero-order valence-electron chi connectivity index (χ0n) is 18.0. The normalized spacial score (nSPS) is 13.3. The molecule has 1 aliphatic carbocycles. The maximum absolute atomic E-state index is 13.3. The number of carbonyl (C=O) groups is 1. The summed E-state index contributed by atoms with van der Waals surface area (Å²) in [5, 5.41) is 11.8. The molecule has 6 nitrogen and oxygen atoms in total. The summed E-state index contributed by atoms with van der Waals surface area (Å²) in [6, 6.07) is 16.1. The molecule has 1 aliphatic rings. The first-order valence-electron chi connectivity index (χ1n) is 10.7. The number of rotatable bonds is 8. The molecule has 0 saturated heterocycles. The largest absolute Gasteiger partial charge is 0.309 e. The van der Waals surface area contributed by atoms with Gasteiger partial charge in [-0.3, -0.25) is 9.69 Å². The van der Waals surface area contributed by atoms with Gasteiger partial charge in [-0.05, 0) is 42.7 Å². The number of carbonyl (C=O) groups excluding carboxylic acids is 1. The summed E-state index contributed by atoms with van der Waals surface area (Å²) in [7, 11) is 1.96. The fraction of sp³-hybridized carbons (Fsp3) is 0.250. The molecule has 4 aromatic rings. The zero-order chi connectivity index (χ0) is 22.8. The minimum absolute atomic E-state index is 0.0557. The number of thiazole rings is 1. The molecular formula is C24H22FN5OS2. The van der Waals surface area contributed by atoms with Gasteiger partial charge in [-0.15, -0.1) is 21.5 Å². The van der Waals surface area contributed by atoms with Crippen LogP contribution in [-0.4, -0.2) is 31.4 Å². The Hall–Kier alpha value is -3.04. The van der Waals surface area contributed by atoms with Crippen LogP contribution in [0.4, 0.5) is 9.52 Å². The molecule has 0 radical (unpaired) electrons. The molecule has 0 aliphatic heterocycles. The van der Waals surface area contributed by atoms with E-state index in [1.54, 1.807) is 17.0 Å². The number of aromatic nitrogens is 4. The molecule has 33 heavy (non-hydrogen) atoms. The van der Waals surface area contributed by atoms with Gasteiger partial charge in [-0.2, -0.15) is 0 Å². The summed E-state index contributed by atoms with van der Waals surface area (Å²) in [5.41, 5.74) is 2.55. The van der Waals surface area contributed by atoms with E-state index in [1.807, 2.05) is 47.3 Å². The summed E-state index contributed by atoms with van der Waals surface area (Å²) >= 11 is 2.80. The first kappa shape index (κ1) is 21.8. The van der Waals surface area contributed by atoms with Crippen molar-refractivity contribution < 1.29 is 9.18 Å². The van der Waals surface area contributed by atoms with Crippen molar-refractivity contribution in [1.82, 2.24) is 19.7 Å². The third kappa shape index (κ3) is 4.99. The number of benzene rings is 2. The molecule has 1 fully saturated rings. The lowest BCUT2D eigenvalue weighted by molar-refractivity contribution is -0.116. The molecule has 2 aromatic carbocycles. The first-order chi connectivity index (χ1) is 16.1. The fourth-order valence-corrected chi connectivity index (χ4v) is 5.17. The third-order valence-electron chi connectivity index (χ3n) is 5.48. The Kier molecular flexibility index (Phi) is 6.24. The van der Waals surface area contributed by atoms with E-state index >= 15 is 0 Å². The van der Waals surface area contributed by atoms with Crippen LogP contribution in [0.25, 0.3) is 11.3 Å². The predicted molar refractivity (Wildman–Crippen MR) is 129 cm³/mol. The van der Waals surface area contributed by atoms with E-state index in [2.05, 4.69) is 10.2 Å². The highest BCUT2D eigenvalue weighted by Crippen LogP contribution is 2.39. The highest BCUT2D eigenvalue weighted by molar-refractivity contribution is 7.99. The van der Waals surface area contributed by atoms with Gasteiger partial charge in [0.15, 0.2) is 10.3 Å². The number of thioether (sulfide) groups is 1. The summed E-state index contributed by atoms with van der Waals surface area (Å²) < 4.78 is 15.3. The Balaban J connectivity index is 1.36. The van der Waals surface area contributed by atoms with Crippen LogP contribution < -0.4 is 4.90 Å². The van der Waals surface area contributed by atoms with E-state index in [0.29, 0.717) is 17.6 Å². The summed E-state index contributed by atoms with van der Waals surface area (Å²) in [5.74, 6) is 1.38. The lowest BCUT2D eigenvalue weighted by Gasteiger charge is -2.20. The van der Waals surface area contributed by atoms with Crippen LogP contribution in [0.2, 0.25) is 0 Å². The van der Waals surface area contributed by atoms with Gasteiger partial charge in [-0.1, -0.05) is 42.1 Å². The van der Waals surface area contributed by atoms with E-state index < -0.39 is 0 Å². The number of amides is 1. The van der Waals surface area contributed by atoms with Gasteiger partial charge in [0.25, 0.3) is 0 Å². The number of hydrogen-bond donors (Lipinski definition) is 0. The van der Waals surface area contributed by atoms with E-state index in [4.69, 9.17) is 4.98 Å². The Morgan fingerprint density at radius 2 is 1.91 bits per heavy atom. The molecule has 0 unspecified atom stereocenters. The number of anilines is 1. The van der Waals surface area contributed by atoms with Crippen molar-refractivity contribution in [2.24, 2.45) is 7.05 Å². The van der Waals surface area contributed by atoms with Gasteiger partial charge in [-0.25, -0.2) is 9.37 Å². The van der Waals surface area contributed by atoms with Crippen LogP contribution in [0.15, 0.2) is 65.1 Å². The van der Waals surface area contributed by atoms with Gasteiger partial charge < -0.3 is 4.57 Å². The zero-order valence-corrected chi connectivity index (χ0v) is 19.7. The minimum Gasteiger partial charge on any atom is -0.309 e. The molecule has 1 amide bonds. The fourth-order valence-electron chi connectivity index (χ4n) is 3.52. The van der Waals surface area contributed by atoms with Gasteiger partial charge >= 0.3 is 0 Å². The van der Waals surface area contributed by atoms with Crippen molar-refractivity contribution in [2.75, 3.05) is 10.7 Å². The average molecular weight is 480 g/mol. The lowest BCUT2D eigenvalue weighted by Crippen LogP contribution is -2.32. The molecule has 2 aromatic heterocycles. The van der Waals surface area contributed by atoms with Gasteiger partial charge in [0.1, 0.15) is 11.6 Å². The average Bonchev–Trinajstić information content (AvgIpc) is 3.44. The van der Waals surface area contributed by atoms with Crippen LogP contribution in [0.3, 0.4) is 0 Å². The molecule has 168 valence electrons. The van der Waals surface area contributed by atoms with Crippen molar-refractivity contribution in [3.63, 3.8) is 0 Å². The van der Waals surface area contributed by atoms with Gasteiger partial charge in [0, 0.05) is 23.9 Å². The summed E-state index contributed by atoms with van der Waals surface area (Å²) in [6.45, 7) is 0.419. The Bertz CT molecular complexity index is 1250. The molecule has 0 atom stereocenters. The Morgan fingerprint density at radius 1 is 1.15 bits per heavy atom. The Labute approximate surface area is 199 Å². The van der Waals surface area contributed by atoms with E-state index in [-0.39, 0.29) is 17.5 Å². The topological polar surface area (TPSA) is 63.9 Å². The van der Waals surface area contributed by atoms with Crippen LogP contribution in [0, 0.1) is 5.82 Å². The second-order valence-electron chi connectivity index (χ2n) is 7.95.